The minimum atomic E-state index is -0.515. The van der Waals surface area contributed by atoms with Crippen LogP contribution in [0.25, 0.3) is 0 Å². The summed E-state index contributed by atoms with van der Waals surface area (Å²) in [5, 5.41) is 23.2. The van der Waals surface area contributed by atoms with E-state index in [-0.39, 0.29) is 23.8 Å². The first-order chi connectivity index (χ1) is 14.9. The third-order valence-corrected chi connectivity index (χ3v) is 6.66. The number of nitrogens with zero attached hydrogens (tertiary/aromatic N) is 2. The maximum atomic E-state index is 12.2. The molecule has 0 radical (unpaired) electrons. The number of anilines is 1. The number of ether oxygens (including phenoxy) is 2. The Hall–Kier alpha value is -2.94. The minimum absolute atomic E-state index is 0.0931. The van der Waals surface area contributed by atoms with Crippen molar-refractivity contribution in [1.82, 2.24) is 10.2 Å². The van der Waals surface area contributed by atoms with Crippen LogP contribution in [0, 0.1) is 6.92 Å². The van der Waals surface area contributed by atoms with Crippen LogP contribution in [-0.4, -0.2) is 34.3 Å². The SMILES string of the molecule is COc1c(C)c2c(c(O)c1C/C=C(\C)CCC(=O)Nc1nnc(C3CC3)s1)C(=O)OC2. The normalized spacial score (nSPS) is 15.6. The lowest BCUT2D eigenvalue weighted by Gasteiger charge is -2.15. The summed E-state index contributed by atoms with van der Waals surface area (Å²) >= 11 is 1.44. The number of nitrogens with one attached hydrogen (secondary N) is 1. The Kier molecular flexibility index (Phi) is 5.95. The quantitative estimate of drug-likeness (QED) is 0.468. The second-order valence-electron chi connectivity index (χ2n) is 7.94. The van der Waals surface area contributed by atoms with Crippen molar-refractivity contribution in [3.63, 3.8) is 0 Å². The van der Waals surface area contributed by atoms with Gasteiger partial charge in [0.2, 0.25) is 11.0 Å². The van der Waals surface area contributed by atoms with Crippen molar-refractivity contribution >= 4 is 28.3 Å². The molecule has 0 unspecified atom stereocenters. The van der Waals surface area contributed by atoms with E-state index >= 15 is 0 Å². The summed E-state index contributed by atoms with van der Waals surface area (Å²) in [5.41, 5.74) is 3.23. The molecule has 2 N–H and O–H groups in total. The Labute approximate surface area is 184 Å². The molecule has 1 fully saturated rings. The first kappa shape index (κ1) is 21.3. The number of carbonyl (C=O) groups excluding carboxylic acids is 2. The fraction of sp³-hybridized carbons (Fsp3) is 0.455. The molecule has 164 valence electrons. The number of carbonyl (C=O) groups is 2. The summed E-state index contributed by atoms with van der Waals surface area (Å²) in [5.74, 6) is 0.358. The lowest BCUT2D eigenvalue weighted by molar-refractivity contribution is -0.116. The van der Waals surface area contributed by atoms with Crippen LogP contribution in [0.1, 0.15) is 70.6 Å². The van der Waals surface area contributed by atoms with Gasteiger partial charge in [-0.3, -0.25) is 4.79 Å². The molecule has 0 saturated heterocycles. The number of aromatic nitrogens is 2. The summed E-state index contributed by atoms with van der Waals surface area (Å²) < 4.78 is 10.6. The molecule has 1 saturated carbocycles. The van der Waals surface area contributed by atoms with Gasteiger partial charge in [-0.25, -0.2) is 4.79 Å². The molecular weight excluding hydrogens is 418 g/mol. The number of aromatic hydroxyl groups is 1. The average Bonchev–Trinajstić information content (AvgIpc) is 3.37. The van der Waals surface area contributed by atoms with Crippen LogP contribution >= 0.6 is 11.3 Å². The van der Waals surface area contributed by atoms with Crippen LogP contribution in [0.15, 0.2) is 11.6 Å². The van der Waals surface area contributed by atoms with Crippen LogP contribution < -0.4 is 10.1 Å². The van der Waals surface area contributed by atoms with Gasteiger partial charge in [-0.15, -0.1) is 10.2 Å². The highest BCUT2D eigenvalue weighted by atomic mass is 32.1. The lowest BCUT2D eigenvalue weighted by atomic mass is 9.94. The van der Waals surface area contributed by atoms with Gasteiger partial charge < -0.3 is 19.9 Å². The summed E-state index contributed by atoms with van der Waals surface area (Å²) in [7, 11) is 1.54. The van der Waals surface area contributed by atoms with Crippen LogP contribution in [0.2, 0.25) is 0 Å². The minimum Gasteiger partial charge on any atom is -0.507 e. The van der Waals surface area contributed by atoms with Gasteiger partial charge in [0.15, 0.2) is 0 Å². The van der Waals surface area contributed by atoms with E-state index in [0.717, 1.165) is 29.0 Å². The number of methoxy groups -OCH3 is 1. The molecule has 1 amide bonds. The first-order valence-corrected chi connectivity index (χ1v) is 11.1. The van der Waals surface area contributed by atoms with Gasteiger partial charge in [0.05, 0.1) is 7.11 Å². The Bertz CT molecular complexity index is 1070. The number of amides is 1. The fourth-order valence-electron chi connectivity index (χ4n) is 3.68. The second-order valence-corrected chi connectivity index (χ2v) is 8.95. The summed E-state index contributed by atoms with van der Waals surface area (Å²) in [6.07, 6.45) is 5.50. The third kappa shape index (κ3) is 4.41. The number of allylic oxidation sites excluding steroid dienone is 2. The van der Waals surface area contributed by atoms with E-state index in [0.29, 0.717) is 47.2 Å². The maximum Gasteiger partial charge on any atom is 0.342 e. The third-order valence-electron chi connectivity index (χ3n) is 5.66. The summed E-state index contributed by atoms with van der Waals surface area (Å²) in [6, 6.07) is 0. The number of phenolic OH excluding ortho intramolecular Hbond substituents is 1. The van der Waals surface area contributed by atoms with Gasteiger partial charge in [-0.2, -0.15) is 0 Å². The van der Waals surface area contributed by atoms with Crippen molar-refractivity contribution in [2.75, 3.05) is 12.4 Å². The number of hydrogen-bond donors (Lipinski definition) is 2. The Morgan fingerprint density at radius 3 is 2.84 bits per heavy atom. The molecule has 8 nitrogen and oxygen atoms in total. The largest absolute Gasteiger partial charge is 0.507 e. The topological polar surface area (TPSA) is 111 Å². The molecular formula is C22H25N3O5S. The highest BCUT2D eigenvalue weighted by molar-refractivity contribution is 7.15. The van der Waals surface area contributed by atoms with Crippen LogP contribution in [0.3, 0.4) is 0 Å². The van der Waals surface area contributed by atoms with E-state index < -0.39 is 5.97 Å². The maximum absolute atomic E-state index is 12.2. The Morgan fingerprint density at radius 1 is 1.35 bits per heavy atom. The molecule has 0 spiro atoms. The Morgan fingerprint density at radius 2 is 2.13 bits per heavy atom. The number of fused-ring (bicyclic) bond motifs is 1. The van der Waals surface area contributed by atoms with Crippen molar-refractivity contribution < 1.29 is 24.2 Å². The molecule has 1 aromatic carbocycles. The molecule has 0 atom stereocenters. The molecule has 1 aliphatic heterocycles. The smallest absolute Gasteiger partial charge is 0.342 e. The number of cyclic esters (lactones) is 1. The molecule has 2 heterocycles. The van der Waals surface area contributed by atoms with Gasteiger partial charge in [0, 0.05) is 23.5 Å². The number of hydrogen-bond acceptors (Lipinski definition) is 8. The fourth-order valence-corrected chi connectivity index (χ4v) is 4.61. The predicted octanol–water partition coefficient (Wildman–Crippen LogP) is 4.02. The first-order valence-electron chi connectivity index (χ1n) is 10.3. The number of phenols is 1. The van der Waals surface area contributed by atoms with Crippen molar-refractivity contribution in [3.05, 3.63) is 38.9 Å². The molecule has 2 aromatic rings. The summed E-state index contributed by atoms with van der Waals surface area (Å²) in [4.78, 5) is 24.2. The Balaban J connectivity index is 1.39. The van der Waals surface area contributed by atoms with Gasteiger partial charge in [-0.1, -0.05) is 23.0 Å². The van der Waals surface area contributed by atoms with Crippen LogP contribution in [0.4, 0.5) is 5.13 Å². The van der Waals surface area contributed by atoms with Crippen molar-refractivity contribution in [1.29, 1.82) is 0 Å². The monoisotopic (exact) mass is 443 g/mol. The number of esters is 1. The van der Waals surface area contributed by atoms with Crippen LogP contribution in [0.5, 0.6) is 11.5 Å². The molecule has 2 aliphatic rings. The lowest BCUT2D eigenvalue weighted by Crippen LogP contribution is -2.11. The highest BCUT2D eigenvalue weighted by Crippen LogP contribution is 2.43. The second kappa shape index (κ2) is 8.66. The van der Waals surface area contributed by atoms with E-state index in [4.69, 9.17) is 9.47 Å². The zero-order chi connectivity index (χ0) is 22.1. The van der Waals surface area contributed by atoms with E-state index in [2.05, 4.69) is 15.5 Å². The molecule has 4 rings (SSSR count). The van der Waals surface area contributed by atoms with E-state index in [9.17, 15) is 14.7 Å². The van der Waals surface area contributed by atoms with Gasteiger partial charge in [-0.05, 0) is 45.1 Å². The summed E-state index contributed by atoms with van der Waals surface area (Å²) in [6.45, 7) is 3.93. The zero-order valence-electron chi connectivity index (χ0n) is 17.8. The number of rotatable bonds is 8. The van der Waals surface area contributed by atoms with Crippen molar-refractivity contribution in [2.45, 2.75) is 58.5 Å². The van der Waals surface area contributed by atoms with Gasteiger partial charge >= 0.3 is 5.97 Å². The predicted molar refractivity (Wildman–Crippen MR) is 116 cm³/mol. The molecule has 31 heavy (non-hydrogen) atoms. The van der Waals surface area contributed by atoms with Crippen molar-refractivity contribution in [2.24, 2.45) is 0 Å². The van der Waals surface area contributed by atoms with Gasteiger partial charge in [0.1, 0.15) is 28.7 Å². The van der Waals surface area contributed by atoms with E-state index in [1.54, 1.807) is 0 Å². The number of benzene rings is 1. The van der Waals surface area contributed by atoms with Gasteiger partial charge in [0.25, 0.3) is 0 Å². The van der Waals surface area contributed by atoms with E-state index in [1.165, 1.54) is 18.4 Å². The zero-order valence-corrected chi connectivity index (χ0v) is 18.6. The molecule has 0 bridgehead atoms. The molecule has 9 heteroatoms. The highest BCUT2D eigenvalue weighted by Gasteiger charge is 2.32. The standard InChI is InChI=1S/C22H25N3O5S/c1-11(5-9-16(26)23-22-25-24-20(31-22)13-6-7-13)4-8-14-18(27)17-15(10-30-21(17)28)12(2)19(14)29-3/h4,13,27H,5-10H2,1-3H3,(H,23,25,26)/b11-4+. The molecule has 1 aliphatic carbocycles. The average molecular weight is 444 g/mol. The van der Waals surface area contributed by atoms with Crippen molar-refractivity contribution in [3.8, 4) is 11.5 Å². The van der Waals surface area contributed by atoms with E-state index in [1.807, 2.05) is 19.9 Å². The van der Waals surface area contributed by atoms with Crippen LogP contribution in [-0.2, 0) is 22.6 Å². The molecule has 1 aromatic heterocycles.